The molecule has 0 saturated carbocycles. The molecule has 0 spiro atoms. The van der Waals surface area contributed by atoms with E-state index < -0.39 is 12.1 Å². The number of aliphatic hydroxyl groups excluding tert-OH is 2. The first-order valence-corrected chi connectivity index (χ1v) is 35.3. The normalized spacial score (nSPS) is 12.7. The van der Waals surface area contributed by atoms with E-state index in [2.05, 4.69) is 43.5 Å². The highest BCUT2D eigenvalue weighted by Crippen LogP contribution is 2.18. The van der Waals surface area contributed by atoms with Crippen molar-refractivity contribution in [3.8, 4) is 0 Å². The van der Waals surface area contributed by atoms with Gasteiger partial charge >= 0.3 is 5.97 Å². The molecule has 0 aromatic rings. The molecule has 2 atom stereocenters. The molecular formula is C72H137NO5. The van der Waals surface area contributed by atoms with Gasteiger partial charge in [-0.3, -0.25) is 9.59 Å². The Hall–Kier alpha value is -1.92. The SMILES string of the molecule is CCCCCCCCC/C=C\CCCCCCCCCC(=O)OCCCCCCCCCCCCCC/C=C\CCCCCCCCCCCCCC(=O)NC(CO)C(O)/C=C/CCCCCCCCCCCCCCCC. The van der Waals surface area contributed by atoms with Crippen molar-refractivity contribution in [3.05, 3.63) is 36.5 Å². The van der Waals surface area contributed by atoms with Gasteiger partial charge in [0, 0.05) is 12.8 Å². The summed E-state index contributed by atoms with van der Waals surface area (Å²) < 4.78 is 5.50. The quantitative estimate of drug-likeness (QED) is 0.0320. The molecule has 78 heavy (non-hydrogen) atoms. The zero-order chi connectivity index (χ0) is 56.4. The average Bonchev–Trinajstić information content (AvgIpc) is 3.44. The van der Waals surface area contributed by atoms with Crippen LogP contribution in [0, 0.1) is 0 Å². The van der Waals surface area contributed by atoms with Gasteiger partial charge in [-0.2, -0.15) is 0 Å². The molecule has 0 fully saturated rings. The minimum absolute atomic E-state index is 0.0123. The minimum atomic E-state index is -0.845. The number of rotatable bonds is 66. The lowest BCUT2D eigenvalue weighted by Crippen LogP contribution is -2.45. The molecule has 6 heteroatoms. The van der Waals surface area contributed by atoms with E-state index in [4.69, 9.17) is 4.74 Å². The van der Waals surface area contributed by atoms with Gasteiger partial charge < -0.3 is 20.3 Å². The molecule has 0 aliphatic heterocycles. The first kappa shape index (κ1) is 76.1. The Bertz CT molecular complexity index is 1260. The zero-order valence-corrected chi connectivity index (χ0v) is 52.7. The van der Waals surface area contributed by atoms with Crippen LogP contribution in [0.1, 0.15) is 386 Å². The lowest BCUT2D eigenvalue weighted by atomic mass is 10.0. The van der Waals surface area contributed by atoms with Gasteiger partial charge in [0.2, 0.25) is 5.91 Å². The maximum Gasteiger partial charge on any atom is 0.305 e. The van der Waals surface area contributed by atoms with Gasteiger partial charge in [-0.15, -0.1) is 0 Å². The number of nitrogens with one attached hydrogen (secondary N) is 1. The molecule has 2 unspecified atom stereocenters. The third kappa shape index (κ3) is 63.3. The number of ether oxygens (including phenoxy) is 1. The summed E-state index contributed by atoms with van der Waals surface area (Å²) in [5.74, 6) is -0.0543. The number of allylic oxidation sites excluding steroid dienone is 5. The van der Waals surface area contributed by atoms with E-state index in [-0.39, 0.29) is 18.5 Å². The topological polar surface area (TPSA) is 95.9 Å². The number of amides is 1. The molecule has 0 bridgehead atoms. The van der Waals surface area contributed by atoms with Crippen LogP contribution in [-0.4, -0.2) is 47.4 Å². The van der Waals surface area contributed by atoms with E-state index in [1.807, 2.05) is 6.08 Å². The van der Waals surface area contributed by atoms with Gasteiger partial charge in [-0.25, -0.2) is 0 Å². The maximum absolute atomic E-state index is 12.5. The first-order valence-electron chi connectivity index (χ1n) is 35.3. The smallest absolute Gasteiger partial charge is 0.305 e. The monoisotopic (exact) mass is 1100 g/mol. The number of hydrogen-bond acceptors (Lipinski definition) is 5. The van der Waals surface area contributed by atoms with Crippen LogP contribution in [-0.2, 0) is 14.3 Å². The van der Waals surface area contributed by atoms with Gasteiger partial charge in [-0.05, 0) is 83.5 Å². The fourth-order valence-corrected chi connectivity index (χ4v) is 11.0. The molecule has 3 N–H and O–H groups in total. The second-order valence-electron chi connectivity index (χ2n) is 24.2. The van der Waals surface area contributed by atoms with Crippen LogP contribution in [0.4, 0.5) is 0 Å². The second kappa shape index (κ2) is 67.6. The van der Waals surface area contributed by atoms with Crippen molar-refractivity contribution >= 4 is 11.9 Å². The third-order valence-electron chi connectivity index (χ3n) is 16.4. The van der Waals surface area contributed by atoms with Crippen LogP contribution in [0.5, 0.6) is 0 Å². The van der Waals surface area contributed by atoms with Crippen molar-refractivity contribution in [2.75, 3.05) is 13.2 Å². The highest BCUT2D eigenvalue weighted by molar-refractivity contribution is 5.76. The van der Waals surface area contributed by atoms with E-state index >= 15 is 0 Å². The number of carbonyl (C=O) groups is 2. The molecule has 0 aromatic heterocycles. The van der Waals surface area contributed by atoms with Crippen LogP contribution >= 0.6 is 0 Å². The van der Waals surface area contributed by atoms with E-state index in [1.54, 1.807) is 6.08 Å². The molecule has 0 radical (unpaired) electrons. The summed E-state index contributed by atoms with van der Waals surface area (Å²) >= 11 is 0. The van der Waals surface area contributed by atoms with Crippen molar-refractivity contribution < 1.29 is 24.5 Å². The van der Waals surface area contributed by atoms with Crippen LogP contribution < -0.4 is 5.32 Å². The van der Waals surface area contributed by atoms with Crippen molar-refractivity contribution in [1.82, 2.24) is 5.32 Å². The number of carbonyl (C=O) groups excluding carboxylic acids is 2. The summed E-state index contributed by atoms with van der Waals surface area (Å²) in [6.45, 7) is 4.93. The van der Waals surface area contributed by atoms with E-state index in [0.717, 1.165) is 44.9 Å². The lowest BCUT2D eigenvalue weighted by molar-refractivity contribution is -0.143. The van der Waals surface area contributed by atoms with E-state index in [0.29, 0.717) is 19.4 Å². The molecule has 0 heterocycles. The standard InChI is InChI=1S/C72H137NO5/c1-3-5-7-9-11-13-15-17-19-21-34-38-42-46-50-54-58-62-66-72(77)78-67-63-59-55-51-47-43-39-35-32-30-28-26-24-22-23-25-27-29-31-33-37-41-45-49-53-57-61-65-71(76)73-69(68-74)70(75)64-60-56-52-48-44-40-36-20-18-16-14-12-10-8-6-4-2/h19,21-23,60,64,69-70,74-75H,3-18,20,24-59,61-63,65-68H2,1-2H3,(H,73,76)/b21-19-,23-22-,64-60+. The summed E-state index contributed by atoms with van der Waals surface area (Å²) in [7, 11) is 0. The average molecular weight is 1100 g/mol. The lowest BCUT2D eigenvalue weighted by Gasteiger charge is -2.20. The maximum atomic E-state index is 12.5. The van der Waals surface area contributed by atoms with Crippen LogP contribution in [0.15, 0.2) is 36.5 Å². The summed E-state index contributed by atoms with van der Waals surface area (Å²) in [6, 6.07) is -0.629. The molecule has 0 aliphatic carbocycles. The molecule has 0 saturated heterocycles. The van der Waals surface area contributed by atoms with Crippen molar-refractivity contribution in [2.24, 2.45) is 0 Å². The molecule has 6 nitrogen and oxygen atoms in total. The van der Waals surface area contributed by atoms with E-state index in [1.165, 1.54) is 315 Å². The Morgan fingerprint density at radius 3 is 0.910 bits per heavy atom. The molecule has 460 valence electrons. The predicted molar refractivity (Wildman–Crippen MR) is 343 cm³/mol. The Balaban J connectivity index is 3.39. The molecule has 0 aliphatic rings. The third-order valence-corrected chi connectivity index (χ3v) is 16.4. The number of esters is 1. The van der Waals surface area contributed by atoms with Gasteiger partial charge in [-0.1, -0.05) is 326 Å². The Morgan fingerprint density at radius 2 is 0.603 bits per heavy atom. The van der Waals surface area contributed by atoms with Crippen LogP contribution in [0.2, 0.25) is 0 Å². The summed E-state index contributed by atoms with van der Waals surface area (Å²) in [5, 5.41) is 23.2. The summed E-state index contributed by atoms with van der Waals surface area (Å²) in [5.41, 5.74) is 0. The Kier molecular flexibility index (Phi) is 65.9. The summed E-state index contributed by atoms with van der Waals surface area (Å²) in [6.07, 6.45) is 86.5. The molecule has 0 aromatic carbocycles. The Morgan fingerprint density at radius 1 is 0.346 bits per heavy atom. The van der Waals surface area contributed by atoms with Gasteiger partial charge in [0.05, 0.1) is 25.4 Å². The number of aliphatic hydroxyl groups is 2. The van der Waals surface area contributed by atoms with Crippen LogP contribution in [0.3, 0.4) is 0 Å². The largest absolute Gasteiger partial charge is 0.466 e. The fourth-order valence-electron chi connectivity index (χ4n) is 11.0. The molecule has 1 amide bonds. The van der Waals surface area contributed by atoms with Gasteiger partial charge in [0.25, 0.3) is 0 Å². The molecular weight excluding hydrogens is 959 g/mol. The number of hydrogen-bond donors (Lipinski definition) is 3. The number of unbranched alkanes of at least 4 members (excludes halogenated alkanes) is 51. The van der Waals surface area contributed by atoms with Crippen molar-refractivity contribution in [3.63, 3.8) is 0 Å². The minimum Gasteiger partial charge on any atom is -0.466 e. The van der Waals surface area contributed by atoms with Crippen LogP contribution in [0.25, 0.3) is 0 Å². The zero-order valence-electron chi connectivity index (χ0n) is 52.7. The van der Waals surface area contributed by atoms with Crippen molar-refractivity contribution in [1.29, 1.82) is 0 Å². The highest BCUT2D eigenvalue weighted by atomic mass is 16.5. The fraction of sp³-hybridized carbons (Fsp3) is 0.889. The van der Waals surface area contributed by atoms with Crippen molar-refractivity contribution in [2.45, 2.75) is 398 Å². The highest BCUT2D eigenvalue weighted by Gasteiger charge is 2.18. The molecule has 0 rings (SSSR count). The second-order valence-corrected chi connectivity index (χ2v) is 24.2. The van der Waals surface area contributed by atoms with Gasteiger partial charge in [0.15, 0.2) is 0 Å². The first-order chi connectivity index (χ1) is 38.5. The summed E-state index contributed by atoms with van der Waals surface area (Å²) in [4.78, 5) is 24.6. The predicted octanol–water partition coefficient (Wildman–Crippen LogP) is 22.7. The van der Waals surface area contributed by atoms with Gasteiger partial charge in [0.1, 0.15) is 0 Å². The van der Waals surface area contributed by atoms with E-state index in [9.17, 15) is 19.8 Å². The Labute approximate surface area is 487 Å².